The number of carbonyl (C=O) groups is 1. The molecule has 1 N–H and O–H groups in total. The summed E-state index contributed by atoms with van der Waals surface area (Å²) in [5.41, 5.74) is 0.219. The third-order valence-corrected chi connectivity index (χ3v) is 4.03. The highest BCUT2D eigenvalue weighted by Gasteiger charge is 2.47. The third-order valence-electron chi connectivity index (χ3n) is 4.03. The van der Waals surface area contributed by atoms with E-state index in [0.29, 0.717) is 32.5 Å². The number of epoxide rings is 1. The van der Waals surface area contributed by atoms with Gasteiger partial charge in [-0.3, -0.25) is 0 Å². The maximum absolute atomic E-state index is 12.0. The van der Waals surface area contributed by atoms with Crippen LogP contribution in [0.5, 0.6) is 0 Å². The molecule has 5 nitrogen and oxygen atoms in total. The summed E-state index contributed by atoms with van der Waals surface area (Å²) in [5.74, 6) is 0. The number of aliphatic hydroxyl groups is 1. The highest BCUT2D eigenvalue weighted by atomic mass is 16.6. The van der Waals surface area contributed by atoms with Crippen molar-refractivity contribution in [3.05, 3.63) is 35.9 Å². The summed E-state index contributed by atoms with van der Waals surface area (Å²) in [5, 5.41) is 10.3. The number of hydrogen-bond donors (Lipinski definition) is 1. The Morgan fingerprint density at radius 2 is 2.00 bits per heavy atom. The van der Waals surface area contributed by atoms with Gasteiger partial charge in [0, 0.05) is 13.1 Å². The molecule has 1 aromatic carbocycles. The predicted octanol–water partition coefficient (Wildman–Crippen LogP) is 1.55. The standard InChI is InChI=1S/C15H19NO4/c17-14(20-10-12-4-2-1-3-5-12)16-8-6-15(18,7-9-16)13-11-19-13/h1-5,13,18H,6-11H2/t13-/m0/s1. The van der Waals surface area contributed by atoms with Crippen LogP contribution >= 0.6 is 0 Å². The van der Waals surface area contributed by atoms with Crippen LogP contribution in [0.3, 0.4) is 0 Å². The van der Waals surface area contributed by atoms with Crippen LogP contribution in [0.4, 0.5) is 4.79 Å². The zero-order valence-electron chi connectivity index (χ0n) is 11.3. The van der Waals surface area contributed by atoms with Crippen molar-refractivity contribution in [1.82, 2.24) is 4.90 Å². The summed E-state index contributed by atoms with van der Waals surface area (Å²) < 4.78 is 10.5. The number of benzene rings is 1. The van der Waals surface area contributed by atoms with Gasteiger partial charge >= 0.3 is 6.09 Å². The first-order chi connectivity index (χ1) is 9.67. The van der Waals surface area contributed by atoms with Gasteiger partial charge in [0.05, 0.1) is 12.2 Å². The van der Waals surface area contributed by atoms with Crippen LogP contribution in [0.1, 0.15) is 18.4 Å². The minimum atomic E-state index is -0.754. The van der Waals surface area contributed by atoms with E-state index >= 15 is 0 Å². The fourth-order valence-corrected chi connectivity index (χ4v) is 2.57. The molecule has 0 bridgehead atoms. The van der Waals surface area contributed by atoms with E-state index in [2.05, 4.69) is 0 Å². The molecule has 0 aromatic heterocycles. The molecule has 2 heterocycles. The molecule has 0 unspecified atom stereocenters. The van der Waals surface area contributed by atoms with Gasteiger partial charge in [-0.1, -0.05) is 30.3 Å². The Morgan fingerprint density at radius 1 is 1.35 bits per heavy atom. The number of carbonyl (C=O) groups excluding carboxylic acids is 1. The second kappa shape index (κ2) is 5.42. The zero-order chi connectivity index (χ0) is 14.0. The van der Waals surface area contributed by atoms with Crippen LogP contribution in [0.15, 0.2) is 30.3 Å². The summed E-state index contributed by atoms with van der Waals surface area (Å²) in [7, 11) is 0. The van der Waals surface area contributed by atoms with E-state index in [1.54, 1.807) is 4.90 Å². The minimum absolute atomic E-state index is 0.0370. The monoisotopic (exact) mass is 277 g/mol. The van der Waals surface area contributed by atoms with E-state index in [1.165, 1.54) is 0 Å². The molecule has 2 fully saturated rings. The minimum Gasteiger partial charge on any atom is -0.445 e. The van der Waals surface area contributed by atoms with Gasteiger partial charge in [0.2, 0.25) is 0 Å². The van der Waals surface area contributed by atoms with Gasteiger partial charge in [-0.25, -0.2) is 4.79 Å². The molecular formula is C15H19NO4. The molecule has 1 aromatic rings. The smallest absolute Gasteiger partial charge is 0.410 e. The van der Waals surface area contributed by atoms with Gasteiger partial charge in [0.25, 0.3) is 0 Å². The Hall–Kier alpha value is -1.59. The molecule has 2 saturated heterocycles. The predicted molar refractivity (Wildman–Crippen MR) is 72.1 cm³/mol. The number of nitrogens with zero attached hydrogens (tertiary/aromatic N) is 1. The average Bonchev–Trinajstić information content (AvgIpc) is 3.32. The average molecular weight is 277 g/mol. The van der Waals surface area contributed by atoms with Crippen molar-refractivity contribution in [3.63, 3.8) is 0 Å². The molecule has 20 heavy (non-hydrogen) atoms. The fraction of sp³-hybridized carbons (Fsp3) is 0.533. The fourth-order valence-electron chi connectivity index (χ4n) is 2.57. The molecule has 2 aliphatic heterocycles. The quantitative estimate of drug-likeness (QED) is 0.851. The van der Waals surface area contributed by atoms with E-state index in [1.807, 2.05) is 30.3 Å². The molecule has 0 saturated carbocycles. The summed E-state index contributed by atoms with van der Waals surface area (Å²) in [6.45, 7) is 1.95. The van der Waals surface area contributed by atoms with Gasteiger partial charge in [-0.15, -0.1) is 0 Å². The summed E-state index contributed by atoms with van der Waals surface area (Å²) in [6, 6.07) is 9.61. The van der Waals surface area contributed by atoms with Crippen LogP contribution < -0.4 is 0 Å². The van der Waals surface area contributed by atoms with Crippen molar-refractivity contribution in [3.8, 4) is 0 Å². The molecule has 0 radical (unpaired) electrons. The van der Waals surface area contributed by atoms with Crippen LogP contribution in [0, 0.1) is 0 Å². The molecule has 0 aliphatic carbocycles. The van der Waals surface area contributed by atoms with Crippen molar-refractivity contribution in [2.24, 2.45) is 0 Å². The Labute approximate surface area is 118 Å². The van der Waals surface area contributed by atoms with E-state index in [0.717, 1.165) is 5.56 Å². The molecular weight excluding hydrogens is 258 g/mol. The zero-order valence-corrected chi connectivity index (χ0v) is 11.3. The number of amides is 1. The van der Waals surface area contributed by atoms with E-state index in [-0.39, 0.29) is 18.8 Å². The lowest BCUT2D eigenvalue weighted by Crippen LogP contribution is -2.49. The Kier molecular flexibility index (Phi) is 3.63. The summed E-state index contributed by atoms with van der Waals surface area (Å²) in [6.07, 6.45) is 0.758. The molecule has 108 valence electrons. The summed E-state index contributed by atoms with van der Waals surface area (Å²) in [4.78, 5) is 13.6. The van der Waals surface area contributed by atoms with Gasteiger partial charge < -0.3 is 19.5 Å². The van der Waals surface area contributed by atoms with Crippen LogP contribution in [-0.2, 0) is 16.1 Å². The van der Waals surface area contributed by atoms with Crippen molar-refractivity contribution in [2.45, 2.75) is 31.2 Å². The first kappa shape index (κ1) is 13.4. The maximum atomic E-state index is 12.0. The molecule has 2 aliphatic rings. The molecule has 1 atom stereocenters. The number of piperidine rings is 1. The van der Waals surface area contributed by atoms with Crippen molar-refractivity contribution in [2.75, 3.05) is 19.7 Å². The third kappa shape index (κ3) is 2.94. The largest absolute Gasteiger partial charge is 0.445 e. The van der Waals surface area contributed by atoms with Crippen LogP contribution in [-0.4, -0.2) is 47.5 Å². The topological polar surface area (TPSA) is 62.3 Å². The summed E-state index contributed by atoms with van der Waals surface area (Å²) >= 11 is 0. The second-order valence-electron chi connectivity index (χ2n) is 5.45. The Morgan fingerprint density at radius 3 is 2.60 bits per heavy atom. The lowest BCUT2D eigenvalue weighted by molar-refractivity contribution is -0.0401. The second-order valence-corrected chi connectivity index (χ2v) is 5.45. The number of rotatable bonds is 3. The normalized spacial score (nSPS) is 24.2. The highest BCUT2D eigenvalue weighted by Crippen LogP contribution is 2.34. The molecule has 0 spiro atoms. The lowest BCUT2D eigenvalue weighted by atomic mass is 9.88. The van der Waals surface area contributed by atoms with Crippen molar-refractivity contribution < 1.29 is 19.4 Å². The Balaban J connectivity index is 1.47. The van der Waals surface area contributed by atoms with E-state index in [4.69, 9.17) is 9.47 Å². The van der Waals surface area contributed by atoms with E-state index in [9.17, 15) is 9.90 Å². The van der Waals surface area contributed by atoms with Gasteiger partial charge in [0.1, 0.15) is 12.7 Å². The Bertz CT molecular complexity index is 464. The van der Waals surface area contributed by atoms with Crippen LogP contribution in [0.2, 0.25) is 0 Å². The van der Waals surface area contributed by atoms with Gasteiger partial charge in [0.15, 0.2) is 0 Å². The lowest BCUT2D eigenvalue weighted by Gasteiger charge is -2.36. The van der Waals surface area contributed by atoms with Crippen LogP contribution in [0.25, 0.3) is 0 Å². The number of hydrogen-bond acceptors (Lipinski definition) is 4. The maximum Gasteiger partial charge on any atom is 0.410 e. The highest BCUT2D eigenvalue weighted by molar-refractivity contribution is 5.67. The van der Waals surface area contributed by atoms with Crippen molar-refractivity contribution >= 4 is 6.09 Å². The first-order valence-electron chi connectivity index (χ1n) is 6.97. The SMILES string of the molecule is O=C(OCc1ccccc1)N1CCC(O)([C@@H]2CO2)CC1. The number of ether oxygens (including phenoxy) is 2. The molecule has 3 rings (SSSR count). The van der Waals surface area contributed by atoms with Crippen molar-refractivity contribution in [1.29, 1.82) is 0 Å². The molecule has 5 heteroatoms. The first-order valence-corrected chi connectivity index (χ1v) is 6.97. The number of likely N-dealkylation sites (tertiary alicyclic amines) is 1. The van der Waals surface area contributed by atoms with E-state index < -0.39 is 5.60 Å². The van der Waals surface area contributed by atoms with Gasteiger partial charge in [-0.2, -0.15) is 0 Å². The van der Waals surface area contributed by atoms with Gasteiger partial charge in [-0.05, 0) is 18.4 Å². The molecule has 1 amide bonds.